The Morgan fingerprint density at radius 2 is 1.76 bits per heavy atom. The Hall–Kier alpha value is -3.19. The molecule has 4 heterocycles. The molecule has 2 saturated heterocycles. The first-order valence-corrected chi connectivity index (χ1v) is 14.0. The summed E-state index contributed by atoms with van der Waals surface area (Å²) >= 11 is 1.44. The van der Waals surface area contributed by atoms with Gasteiger partial charge in [0.15, 0.2) is 5.13 Å². The number of imide groups is 1. The molecule has 2 aromatic heterocycles. The molecule has 2 aliphatic heterocycles. The fourth-order valence-electron chi connectivity index (χ4n) is 5.18. The molecule has 3 N–H and O–H groups in total. The molecule has 12 heteroatoms. The van der Waals surface area contributed by atoms with Gasteiger partial charge in [-0.1, -0.05) is 11.3 Å². The molecule has 0 unspecified atom stereocenters. The highest BCUT2D eigenvalue weighted by Crippen LogP contribution is 2.33. The van der Waals surface area contributed by atoms with Crippen LogP contribution in [0.2, 0.25) is 0 Å². The molecule has 1 aromatic carbocycles. The van der Waals surface area contributed by atoms with Crippen LogP contribution in [0.25, 0.3) is 10.2 Å². The average molecular weight is 538 g/mol. The maximum atomic E-state index is 12.2. The first-order valence-electron chi connectivity index (χ1n) is 13.2. The molecule has 3 aromatic rings. The molecule has 0 spiro atoms. The van der Waals surface area contributed by atoms with E-state index in [4.69, 9.17) is 19.7 Å². The Balaban J connectivity index is 1.24. The van der Waals surface area contributed by atoms with Gasteiger partial charge in [-0.05, 0) is 43.9 Å². The summed E-state index contributed by atoms with van der Waals surface area (Å²) in [4.78, 5) is 42.2. The molecule has 1 aliphatic carbocycles. The molecule has 38 heavy (non-hydrogen) atoms. The van der Waals surface area contributed by atoms with E-state index in [2.05, 4.69) is 15.5 Å². The minimum atomic E-state index is -0.222. The van der Waals surface area contributed by atoms with E-state index >= 15 is 0 Å². The number of aliphatic hydroxyl groups is 1. The summed E-state index contributed by atoms with van der Waals surface area (Å²) in [5.74, 6) is 0.872. The van der Waals surface area contributed by atoms with Crippen LogP contribution in [0.5, 0.6) is 0 Å². The Labute approximate surface area is 224 Å². The van der Waals surface area contributed by atoms with E-state index in [1.165, 1.54) is 16.2 Å². The van der Waals surface area contributed by atoms with Crippen molar-refractivity contribution in [1.29, 1.82) is 0 Å². The predicted octanol–water partition coefficient (Wildman–Crippen LogP) is 3.03. The summed E-state index contributed by atoms with van der Waals surface area (Å²) in [5, 5.41) is 17.4. The van der Waals surface area contributed by atoms with Gasteiger partial charge in [0.2, 0.25) is 17.8 Å². The lowest BCUT2D eigenvalue weighted by Gasteiger charge is -2.27. The fourth-order valence-corrected chi connectivity index (χ4v) is 6.08. The maximum absolute atomic E-state index is 12.2. The molecule has 3 fully saturated rings. The molecular formula is C26H31N7O4S. The zero-order valence-corrected chi connectivity index (χ0v) is 21.9. The highest BCUT2D eigenvalue weighted by Gasteiger charge is 2.30. The summed E-state index contributed by atoms with van der Waals surface area (Å²) in [5.41, 5.74) is 2.26. The number of aliphatic hydroxyl groups excluding tert-OH is 1. The number of carbonyl (C=O) groups excluding carboxylic acids is 2. The second kappa shape index (κ2) is 10.9. The molecule has 1 saturated carbocycles. The quantitative estimate of drug-likeness (QED) is 0.386. The SMILES string of the molecule is O=C1CCC(=O)N1c1ccc2nc(Nc3cc(CN4CCOCC4)nc(NC4CCC(O)CC4)n3)sc2c1. The van der Waals surface area contributed by atoms with Crippen molar-refractivity contribution < 1.29 is 19.4 Å². The number of anilines is 4. The molecule has 2 amide bonds. The normalized spacial score (nSPS) is 22.8. The van der Waals surface area contributed by atoms with Gasteiger partial charge >= 0.3 is 0 Å². The number of ether oxygens (including phenoxy) is 1. The summed E-state index contributed by atoms with van der Waals surface area (Å²) in [6.45, 7) is 3.85. The van der Waals surface area contributed by atoms with E-state index in [0.29, 0.717) is 42.3 Å². The molecule has 0 bridgehead atoms. The summed E-state index contributed by atoms with van der Waals surface area (Å²) in [6, 6.07) is 7.61. The number of benzene rings is 1. The number of carbonyl (C=O) groups is 2. The first-order chi connectivity index (χ1) is 18.5. The van der Waals surface area contributed by atoms with Crippen molar-refractivity contribution in [2.45, 2.75) is 57.2 Å². The number of hydrogen-bond donors (Lipinski definition) is 3. The van der Waals surface area contributed by atoms with E-state index < -0.39 is 0 Å². The largest absolute Gasteiger partial charge is 0.393 e. The first kappa shape index (κ1) is 25.1. The van der Waals surface area contributed by atoms with Gasteiger partial charge in [-0.15, -0.1) is 0 Å². The topological polar surface area (TPSA) is 133 Å². The molecule has 200 valence electrons. The molecule has 6 rings (SSSR count). The zero-order chi connectivity index (χ0) is 26.1. The van der Waals surface area contributed by atoms with Crippen molar-refractivity contribution in [1.82, 2.24) is 19.9 Å². The van der Waals surface area contributed by atoms with Crippen LogP contribution in [-0.2, 0) is 20.9 Å². The van der Waals surface area contributed by atoms with Gasteiger partial charge in [0, 0.05) is 44.6 Å². The number of nitrogens with one attached hydrogen (secondary N) is 2. The van der Waals surface area contributed by atoms with E-state index in [0.717, 1.165) is 54.7 Å². The minimum Gasteiger partial charge on any atom is -0.393 e. The monoisotopic (exact) mass is 537 g/mol. The molecule has 0 radical (unpaired) electrons. The van der Waals surface area contributed by atoms with Crippen molar-refractivity contribution >= 4 is 56.0 Å². The van der Waals surface area contributed by atoms with Crippen molar-refractivity contribution in [3.63, 3.8) is 0 Å². The zero-order valence-electron chi connectivity index (χ0n) is 21.1. The predicted molar refractivity (Wildman–Crippen MR) is 145 cm³/mol. The number of rotatable bonds is 7. The van der Waals surface area contributed by atoms with Crippen LogP contribution in [0.3, 0.4) is 0 Å². The summed E-state index contributed by atoms with van der Waals surface area (Å²) in [7, 11) is 0. The third-order valence-electron chi connectivity index (χ3n) is 7.22. The Morgan fingerprint density at radius 1 is 1.00 bits per heavy atom. The van der Waals surface area contributed by atoms with E-state index in [1.807, 2.05) is 18.2 Å². The van der Waals surface area contributed by atoms with Crippen molar-refractivity contribution in [3.8, 4) is 0 Å². The van der Waals surface area contributed by atoms with Gasteiger partial charge in [-0.3, -0.25) is 19.4 Å². The van der Waals surface area contributed by atoms with Gasteiger partial charge in [0.1, 0.15) is 5.82 Å². The van der Waals surface area contributed by atoms with Crippen LogP contribution in [0.4, 0.5) is 22.6 Å². The van der Waals surface area contributed by atoms with E-state index in [-0.39, 0.29) is 36.8 Å². The van der Waals surface area contributed by atoms with Crippen LogP contribution in [0, 0.1) is 0 Å². The Bertz CT molecular complexity index is 1320. The van der Waals surface area contributed by atoms with E-state index in [9.17, 15) is 14.7 Å². The van der Waals surface area contributed by atoms with Gasteiger partial charge in [-0.25, -0.2) is 9.97 Å². The van der Waals surface area contributed by atoms with Crippen LogP contribution in [0.15, 0.2) is 24.3 Å². The smallest absolute Gasteiger partial charge is 0.234 e. The maximum Gasteiger partial charge on any atom is 0.234 e. The summed E-state index contributed by atoms with van der Waals surface area (Å²) < 4.78 is 6.36. The molecule has 3 aliphatic rings. The lowest BCUT2D eigenvalue weighted by molar-refractivity contribution is -0.121. The number of aromatic nitrogens is 3. The highest BCUT2D eigenvalue weighted by molar-refractivity contribution is 7.22. The van der Waals surface area contributed by atoms with Gasteiger partial charge < -0.3 is 20.5 Å². The number of nitrogens with zero attached hydrogens (tertiary/aromatic N) is 5. The molecule has 0 atom stereocenters. The average Bonchev–Trinajstić information content (AvgIpc) is 3.46. The second-order valence-electron chi connectivity index (χ2n) is 10.0. The Morgan fingerprint density at radius 3 is 2.53 bits per heavy atom. The van der Waals surface area contributed by atoms with Crippen LogP contribution >= 0.6 is 11.3 Å². The van der Waals surface area contributed by atoms with Crippen molar-refractivity contribution in [3.05, 3.63) is 30.0 Å². The van der Waals surface area contributed by atoms with Crippen LogP contribution in [-0.4, -0.2) is 75.2 Å². The summed E-state index contributed by atoms with van der Waals surface area (Å²) in [6.07, 6.45) is 3.60. The number of fused-ring (bicyclic) bond motifs is 1. The van der Waals surface area contributed by atoms with Gasteiger partial charge in [0.25, 0.3) is 0 Å². The second-order valence-corrected chi connectivity index (χ2v) is 11.1. The standard InChI is InChI=1S/C26H31N7O4S/c34-19-4-1-16(2-5-19)27-25-28-17(15-32-9-11-37-12-10-32)13-22(30-25)31-26-29-20-6-3-18(14-21(20)38-26)33-23(35)7-8-24(33)36/h3,6,13-14,16,19,34H,1-2,4-5,7-12,15H2,(H2,27,28,29,30,31). The lowest BCUT2D eigenvalue weighted by Crippen LogP contribution is -2.36. The third-order valence-corrected chi connectivity index (χ3v) is 8.15. The fraction of sp³-hybridized carbons (Fsp3) is 0.500. The number of morpholine rings is 1. The highest BCUT2D eigenvalue weighted by atomic mass is 32.1. The number of thiazole rings is 1. The van der Waals surface area contributed by atoms with Gasteiger partial charge in [-0.2, -0.15) is 4.98 Å². The van der Waals surface area contributed by atoms with Crippen molar-refractivity contribution in [2.75, 3.05) is 41.8 Å². The number of amides is 2. The van der Waals surface area contributed by atoms with Gasteiger partial charge in [0.05, 0.1) is 40.9 Å². The third kappa shape index (κ3) is 5.63. The van der Waals surface area contributed by atoms with E-state index in [1.54, 1.807) is 6.07 Å². The lowest BCUT2D eigenvalue weighted by atomic mass is 9.93. The van der Waals surface area contributed by atoms with Crippen LogP contribution < -0.4 is 15.5 Å². The molecule has 11 nitrogen and oxygen atoms in total. The minimum absolute atomic E-state index is 0.168. The molecular weight excluding hydrogens is 506 g/mol. The number of hydrogen-bond acceptors (Lipinski definition) is 11. The Kier molecular flexibility index (Phi) is 7.20. The van der Waals surface area contributed by atoms with Crippen molar-refractivity contribution in [2.24, 2.45) is 0 Å². The van der Waals surface area contributed by atoms with Crippen LogP contribution in [0.1, 0.15) is 44.2 Å².